The Balaban J connectivity index is 1.85. The van der Waals surface area contributed by atoms with Crippen LogP contribution < -0.4 is 4.74 Å². The van der Waals surface area contributed by atoms with E-state index in [1.54, 1.807) is 18.9 Å². The minimum Gasteiger partial charge on any atom is -0.497 e. The molecular weight excluding hydrogens is 270 g/mol. The first-order valence-corrected chi connectivity index (χ1v) is 7.24. The summed E-state index contributed by atoms with van der Waals surface area (Å²) in [6.07, 6.45) is 0.789. The quantitative estimate of drug-likeness (QED) is 0.791. The van der Waals surface area contributed by atoms with E-state index in [1.165, 1.54) is 5.56 Å². The van der Waals surface area contributed by atoms with Crippen molar-refractivity contribution in [1.82, 2.24) is 0 Å². The number of alkyl halides is 1. The van der Waals surface area contributed by atoms with Crippen LogP contribution in [0.3, 0.4) is 0 Å². The average Bonchev–Trinajstić information content (AvgIpc) is 2.80. The second-order valence-electron chi connectivity index (χ2n) is 4.47. The predicted molar refractivity (Wildman–Crippen MR) is 76.6 cm³/mol. The molecule has 0 amide bonds. The molecule has 0 saturated heterocycles. The number of hydrogen-bond acceptors (Lipinski definition) is 4. The maximum atomic E-state index is 5.84. The van der Waals surface area contributed by atoms with Gasteiger partial charge in [0, 0.05) is 12.2 Å². The van der Waals surface area contributed by atoms with Gasteiger partial charge in [0.25, 0.3) is 0 Å². The Morgan fingerprint density at radius 1 is 1.44 bits per heavy atom. The van der Waals surface area contributed by atoms with Gasteiger partial charge in [-0.3, -0.25) is 0 Å². The fourth-order valence-electron chi connectivity index (χ4n) is 1.58. The molecule has 98 valence electrons. The zero-order valence-electron chi connectivity index (χ0n) is 10.5. The van der Waals surface area contributed by atoms with Gasteiger partial charge in [-0.1, -0.05) is 17.3 Å². The van der Waals surface area contributed by atoms with E-state index >= 15 is 0 Å². The molecule has 0 bridgehead atoms. The monoisotopic (exact) mass is 285 g/mol. The van der Waals surface area contributed by atoms with Crippen molar-refractivity contribution in [2.45, 2.75) is 24.7 Å². The largest absolute Gasteiger partial charge is 0.497 e. The standard InChI is InChI=1S/C13H16ClNO2S/c1-13(9-14)7-12(15-17-13)18-8-10-3-5-11(16-2)6-4-10/h3-6H,7-9H2,1-2H3. The van der Waals surface area contributed by atoms with E-state index in [0.29, 0.717) is 5.88 Å². The van der Waals surface area contributed by atoms with E-state index in [1.807, 2.05) is 19.1 Å². The van der Waals surface area contributed by atoms with Gasteiger partial charge >= 0.3 is 0 Å². The molecule has 1 aliphatic rings. The lowest BCUT2D eigenvalue weighted by atomic mass is 10.1. The lowest BCUT2D eigenvalue weighted by Gasteiger charge is -2.16. The molecule has 0 saturated carbocycles. The van der Waals surface area contributed by atoms with Gasteiger partial charge in [0.05, 0.1) is 13.0 Å². The average molecular weight is 286 g/mol. The van der Waals surface area contributed by atoms with Crippen molar-refractivity contribution in [3.05, 3.63) is 29.8 Å². The Morgan fingerprint density at radius 2 is 2.17 bits per heavy atom. The van der Waals surface area contributed by atoms with Crippen LogP contribution in [-0.2, 0) is 10.6 Å². The summed E-state index contributed by atoms with van der Waals surface area (Å²) in [6, 6.07) is 8.04. The molecule has 0 aromatic heterocycles. The summed E-state index contributed by atoms with van der Waals surface area (Å²) in [5.74, 6) is 2.22. The number of thioether (sulfide) groups is 1. The van der Waals surface area contributed by atoms with Gasteiger partial charge in [-0.15, -0.1) is 23.4 Å². The van der Waals surface area contributed by atoms with Crippen LogP contribution in [0.5, 0.6) is 5.75 Å². The van der Waals surface area contributed by atoms with Gasteiger partial charge in [-0.25, -0.2) is 0 Å². The molecule has 0 spiro atoms. The summed E-state index contributed by atoms with van der Waals surface area (Å²) < 4.78 is 5.12. The highest BCUT2D eigenvalue weighted by atomic mass is 35.5. The van der Waals surface area contributed by atoms with Gasteiger partial charge in [0.2, 0.25) is 0 Å². The zero-order valence-corrected chi connectivity index (χ0v) is 12.1. The Kier molecular flexibility index (Phi) is 4.40. The van der Waals surface area contributed by atoms with Gasteiger partial charge in [0.1, 0.15) is 10.8 Å². The molecule has 0 radical (unpaired) electrons. The highest BCUT2D eigenvalue weighted by Gasteiger charge is 2.33. The van der Waals surface area contributed by atoms with Gasteiger partial charge < -0.3 is 9.57 Å². The van der Waals surface area contributed by atoms with E-state index in [9.17, 15) is 0 Å². The van der Waals surface area contributed by atoms with Crippen molar-refractivity contribution < 1.29 is 9.57 Å². The molecule has 18 heavy (non-hydrogen) atoms. The molecule has 1 aliphatic heterocycles. The molecule has 5 heteroatoms. The first kappa shape index (κ1) is 13.6. The number of methoxy groups -OCH3 is 1. The molecule has 2 rings (SSSR count). The van der Waals surface area contributed by atoms with E-state index in [4.69, 9.17) is 21.2 Å². The van der Waals surface area contributed by atoms with Crippen molar-refractivity contribution in [3.63, 3.8) is 0 Å². The number of oxime groups is 1. The lowest BCUT2D eigenvalue weighted by Crippen LogP contribution is -2.26. The normalized spacial score (nSPS) is 22.5. The van der Waals surface area contributed by atoms with Crippen molar-refractivity contribution in [1.29, 1.82) is 0 Å². The highest BCUT2D eigenvalue weighted by molar-refractivity contribution is 8.13. The van der Waals surface area contributed by atoms with Crippen molar-refractivity contribution in [2.24, 2.45) is 5.16 Å². The third-order valence-electron chi connectivity index (χ3n) is 2.74. The number of rotatable bonds is 4. The van der Waals surface area contributed by atoms with Crippen LogP contribution >= 0.6 is 23.4 Å². The van der Waals surface area contributed by atoms with Crippen LogP contribution in [0, 0.1) is 0 Å². The number of hydrogen-bond donors (Lipinski definition) is 0. The van der Waals surface area contributed by atoms with Crippen molar-refractivity contribution in [2.75, 3.05) is 13.0 Å². The maximum absolute atomic E-state index is 5.84. The van der Waals surface area contributed by atoms with Crippen LogP contribution in [0.2, 0.25) is 0 Å². The summed E-state index contributed by atoms with van der Waals surface area (Å²) >= 11 is 7.54. The Bertz CT molecular complexity index is 435. The Morgan fingerprint density at radius 3 is 2.72 bits per heavy atom. The Labute approximate surface area is 116 Å². The first-order valence-electron chi connectivity index (χ1n) is 5.72. The first-order chi connectivity index (χ1) is 8.65. The van der Waals surface area contributed by atoms with Gasteiger partial charge in [0.15, 0.2) is 5.60 Å². The van der Waals surface area contributed by atoms with E-state index in [2.05, 4.69) is 17.3 Å². The summed E-state index contributed by atoms with van der Waals surface area (Å²) in [6.45, 7) is 1.98. The number of ether oxygens (including phenoxy) is 1. The predicted octanol–water partition coefficient (Wildman–Crippen LogP) is 3.66. The molecule has 0 fully saturated rings. The fraction of sp³-hybridized carbons (Fsp3) is 0.462. The highest BCUT2D eigenvalue weighted by Crippen LogP contribution is 2.30. The molecule has 0 N–H and O–H groups in total. The molecule has 1 aromatic carbocycles. The second kappa shape index (κ2) is 5.85. The molecule has 1 aromatic rings. The van der Waals surface area contributed by atoms with Crippen LogP contribution in [0.15, 0.2) is 29.4 Å². The molecule has 1 heterocycles. The van der Waals surface area contributed by atoms with Crippen molar-refractivity contribution >= 4 is 28.4 Å². The SMILES string of the molecule is COc1ccc(CSC2=NOC(C)(CCl)C2)cc1. The van der Waals surface area contributed by atoms with Crippen LogP contribution in [0.4, 0.5) is 0 Å². The third-order valence-corrected chi connectivity index (χ3v) is 4.34. The van der Waals surface area contributed by atoms with E-state index in [0.717, 1.165) is 23.0 Å². The number of benzene rings is 1. The smallest absolute Gasteiger partial charge is 0.154 e. The molecular formula is C13H16ClNO2S. The molecule has 1 unspecified atom stereocenters. The third kappa shape index (κ3) is 3.33. The summed E-state index contributed by atoms with van der Waals surface area (Å²) in [5, 5.41) is 5.09. The van der Waals surface area contributed by atoms with Crippen LogP contribution in [-0.4, -0.2) is 23.6 Å². The topological polar surface area (TPSA) is 30.8 Å². The van der Waals surface area contributed by atoms with Gasteiger partial charge in [-0.2, -0.15) is 0 Å². The second-order valence-corrected chi connectivity index (χ2v) is 5.79. The Hall–Kier alpha value is -0.870. The lowest BCUT2D eigenvalue weighted by molar-refractivity contribution is 0.0152. The number of nitrogens with zero attached hydrogens (tertiary/aromatic N) is 1. The minimum atomic E-state index is -0.330. The fourth-order valence-corrected chi connectivity index (χ4v) is 2.75. The minimum absolute atomic E-state index is 0.330. The summed E-state index contributed by atoms with van der Waals surface area (Å²) in [4.78, 5) is 5.34. The summed E-state index contributed by atoms with van der Waals surface area (Å²) in [5.41, 5.74) is 0.909. The molecule has 0 aliphatic carbocycles. The number of halogens is 1. The van der Waals surface area contributed by atoms with E-state index < -0.39 is 0 Å². The summed E-state index contributed by atoms with van der Waals surface area (Å²) in [7, 11) is 1.67. The zero-order chi connectivity index (χ0) is 13.0. The van der Waals surface area contributed by atoms with Crippen molar-refractivity contribution in [3.8, 4) is 5.75 Å². The van der Waals surface area contributed by atoms with E-state index in [-0.39, 0.29) is 5.60 Å². The molecule has 3 nitrogen and oxygen atoms in total. The van der Waals surface area contributed by atoms with Crippen LogP contribution in [0.25, 0.3) is 0 Å². The molecule has 1 atom stereocenters. The maximum Gasteiger partial charge on any atom is 0.154 e. The van der Waals surface area contributed by atoms with Gasteiger partial charge in [-0.05, 0) is 24.6 Å². The van der Waals surface area contributed by atoms with Crippen LogP contribution in [0.1, 0.15) is 18.9 Å².